The van der Waals surface area contributed by atoms with E-state index in [1.807, 2.05) is 32.9 Å². The molecule has 1 N–H and O–H groups in total. The smallest absolute Gasteiger partial charge is 0.220 e. The average Bonchev–Trinajstić information content (AvgIpc) is 2.84. The van der Waals surface area contributed by atoms with Crippen molar-refractivity contribution in [2.75, 3.05) is 6.54 Å². The molecule has 0 saturated heterocycles. The number of hydrogen-bond donors (Lipinski definition) is 1. The first-order chi connectivity index (χ1) is 18.0. The number of carbonyl (C=O) groups is 3. The van der Waals surface area contributed by atoms with E-state index in [-0.39, 0.29) is 62.5 Å². The second kappa shape index (κ2) is 8.64. The molecule has 5 nitrogen and oxygen atoms in total. The Morgan fingerprint density at radius 1 is 1.03 bits per heavy atom. The van der Waals surface area contributed by atoms with Crippen molar-refractivity contribution in [1.82, 2.24) is 5.32 Å². The fourth-order valence-corrected chi connectivity index (χ4v) is 10.6. The van der Waals surface area contributed by atoms with Crippen LogP contribution in [0.2, 0.25) is 0 Å². The van der Waals surface area contributed by atoms with Crippen molar-refractivity contribution in [2.24, 2.45) is 50.2 Å². The summed E-state index contributed by atoms with van der Waals surface area (Å²) in [5.74, 6) is 0.358. The number of allylic oxidation sites excluding steroid dienone is 4. The van der Waals surface area contributed by atoms with E-state index < -0.39 is 10.8 Å². The summed E-state index contributed by atoms with van der Waals surface area (Å²) < 4.78 is 0. The van der Waals surface area contributed by atoms with Crippen LogP contribution in [0.5, 0.6) is 0 Å². The summed E-state index contributed by atoms with van der Waals surface area (Å²) in [4.78, 5) is 40.8. The third kappa shape index (κ3) is 3.72. The first kappa shape index (κ1) is 28.3. The minimum Gasteiger partial charge on any atom is -0.356 e. The van der Waals surface area contributed by atoms with Crippen LogP contribution < -0.4 is 5.32 Å². The Morgan fingerprint density at radius 3 is 2.33 bits per heavy atom. The Kier molecular flexibility index (Phi) is 6.27. The Morgan fingerprint density at radius 2 is 1.69 bits per heavy atom. The molecule has 3 fully saturated rings. The minimum absolute atomic E-state index is 0.0518. The summed E-state index contributed by atoms with van der Waals surface area (Å²) in [6, 6.07) is 2.19. The van der Waals surface area contributed by atoms with Crippen LogP contribution in [0.15, 0.2) is 23.3 Å². The van der Waals surface area contributed by atoms with Crippen molar-refractivity contribution in [2.45, 2.75) is 107 Å². The lowest BCUT2D eigenvalue weighted by Gasteiger charge is -2.69. The van der Waals surface area contributed by atoms with E-state index in [2.05, 4.69) is 46.0 Å². The third-order valence-electron chi connectivity index (χ3n) is 12.9. The van der Waals surface area contributed by atoms with E-state index in [4.69, 9.17) is 0 Å². The Bertz CT molecular complexity index is 1230. The monoisotopic (exact) mass is 532 g/mol. The van der Waals surface area contributed by atoms with Gasteiger partial charge in [-0.1, -0.05) is 60.1 Å². The van der Waals surface area contributed by atoms with E-state index in [1.54, 1.807) is 0 Å². The molecule has 0 bridgehead atoms. The molecule has 7 atom stereocenters. The molecule has 0 spiro atoms. The minimum atomic E-state index is -0.653. The molecule has 3 saturated carbocycles. The standard InChI is InChI=1S/C34H48N2O3/c1-9-36-26(38)19-34-14-12-29(2,3)18-22(34)27-23(37)16-25-31(6)17-21(20-35)28(39)30(4,5)24(31)10-11-32(25,7)33(27,8)13-15-34/h16-17,22,24,27H,9-15,18-19H2,1-8H3,(H,36,38). The highest BCUT2D eigenvalue weighted by Gasteiger charge is 2.69. The summed E-state index contributed by atoms with van der Waals surface area (Å²) in [6.45, 7) is 18.1. The maximum absolute atomic E-state index is 14.5. The second-order valence-corrected chi connectivity index (χ2v) is 15.7. The van der Waals surface area contributed by atoms with Crippen LogP contribution in [0.1, 0.15) is 107 Å². The van der Waals surface area contributed by atoms with Crippen molar-refractivity contribution < 1.29 is 14.4 Å². The molecule has 0 radical (unpaired) electrons. The fraction of sp³-hybridized carbons (Fsp3) is 0.765. The number of nitriles is 1. The quantitative estimate of drug-likeness (QED) is 0.436. The lowest BCUT2D eigenvalue weighted by Crippen LogP contribution is -2.65. The molecule has 39 heavy (non-hydrogen) atoms. The number of amides is 1. The van der Waals surface area contributed by atoms with Gasteiger partial charge in [-0.15, -0.1) is 0 Å². The van der Waals surface area contributed by atoms with Gasteiger partial charge in [0.25, 0.3) is 0 Å². The van der Waals surface area contributed by atoms with Crippen LogP contribution in [0.4, 0.5) is 0 Å². The first-order valence-electron chi connectivity index (χ1n) is 15.2. The zero-order chi connectivity index (χ0) is 28.8. The molecule has 5 aliphatic carbocycles. The van der Waals surface area contributed by atoms with Crippen LogP contribution >= 0.6 is 0 Å². The fourth-order valence-electron chi connectivity index (χ4n) is 10.6. The molecule has 0 aromatic rings. The highest BCUT2D eigenvalue weighted by Crippen LogP contribution is 2.74. The summed E-state index contributed by atoms with van der Waals surface area (Å²) >= 11 is 0. The van der Waals surface area contributed by atoms with Crippen LogP contribution in [-0.4, -0.2) is 24.0 Å². The average molecular weight is 533 g/mol. The number of carbonyl (C=O) groups excluding carboxylic acids is 3. The summed E-state index contributed by atoms with van der Waals surface area (Å²) in [6.07, 6.45) is 11.2. The number of nitrogens with one attached hydrogen (secondary N) is 1. The zero-order valence-corrected chi connectivity index (χ0v) is 25.4. The van der Waals surface area contributed by atoms with Gasteiger partial charge >= 0.3 is 0 Å². The molecular formula is C34H48N2O3. The van der Waals surface area contributed by atoms with Gasteiger partial charge in [0.15, 0.2) is 11.6 Å². The predicted molar refractivity (Wildman–Crippen MR) is 152 cm³/mol. The van der Waals surface area contributed by atoms with Crippen LogP contribution in [-0.2, 0) is 14.4 Å². The van der Waals surface area contributed by atoms with Crippen molar-refractivity contribution in [3.05, 3.63) is 23.3 Å². The summed E-state index contributed by atoms with van der Waals surface area (Å²) in [5, 5.41) is 13.0. The van der Waals surface area contributed by atoms with E-state index in [0.717, 1.165) is 50.5 Å². The number of fused-ring (bicyclic) bond motifs is 7. The molecule has 0 aliphatic heterocycles. The van der Waals surface area contributed by atoms with E-state index in [1.165, 1.54) is 0 Å². The Balaban J connectivity index is 1.66. The van der Waals surface area contributed by atoms with Gasteiger partial charge in [0.05, 0.1) is 5.57 Å². The van der Waals surface area contributed by atoms with Gasteiger partial charge in [0.1, 0.15) is 6.07 Å². The van der Waals surface area contributed by atoms with E-state index >= 15 is 0 Å². The molecule has 5 heteroatoms. The van der Waals surface area contributed by atoms with Crippen LogP contribution in [0.25, 0.3) is 0 Å². The van der Waals surface area contributed by atoms with Crippen molar-refractivity contribution in [3.63, 3.8) is 0 Å². The van der Waals surface area contributed by atoms with Gasteiger partial charge in [-0.25, -0.2) is 0 Å². The SMILES string of the molecule is CCNC(=O)CC12CCC(C)(C)CC1C1C(=O)C=C3C4(C)C=C(C#N)C(=O)C(C)(C)C4CCC3(C)C1(C)CC2. The zero-order valence-electron chi connectivity index (χ0n) is 25.4. The first-order valence-corrected chi connectivity index (χ1v) is 15.2. The number of hydrogen-bond acceptors (Lipinski definition) is 4. The molecule has 5 rings (SSSR count). The van der Waals surface area contributed by atoms with Crippen LogP contribution in [0.3, 0.4) is 0 Å². The second-order valence-electron chi connectivity index (χ2n) is 15.7. The number of Topliss-reactive ketones (excluding diaryl/α,β-unsaturated/α-hetero) is 1. The van der Waals surface area contributed by atoms with Gasteiger partial charge < -0.3 is 5.32 Å². The molecule has 7 unspecified atom stereocenters. The maximum Gasteiger partial charge on any atom is 0.220 e. The summed E-state index contributed by atoms with van der Waals surface area (Å²) in [5.41, 5.74) is -0.247. The molecule has 0 aromatic carbocycles. The number of nitrogens with zero attached hydrogens (tertiary/aromatic N) is 1. The number of ketones is 2. The van der Waals surface area contributed by atoms with Gasteiger partial charge in [0.2, 0.25) is 5.91 Å². The molecule has 1 amide bonds. The maximum atomic E-state index is 14.5. The molecule has 5 aliphatic rings. The van der Waals surface area contributed by atoms with Gasteiger partial charge in [-0.3, -0.25) is 14.4 Å². The predicted octanol–water partition coefficient (Wildman–Crippen LogP) is 6.73. The topological polar surface area (TPSA) is 87.0 Å². The largest absolute Gasteiger partial charge is 0.356 e. The lowest BCUT2D eigenvalue weighted by atomic mass is 9.34. The Labute approximate surface area is 235 Å². The molecule has 212 valence electrons. The molecule has 0 heterocycles. The Hall–Kier alpha value is -2.22. The highest BCUT2D eigenvalue weighted by atomic mass is 16.1. The lowest BCUT2D eigenvalue weighted by molar-refractivity contribution is -0.174. The highest BCUT2D eigenvalue weighted by molar-refractivity contribution is 6.04. The van der Waals surface area contributed by atoms with E-state index in [0.29, 0.717) is 13.0 Å². The number of rotatable bonds is 3. The normalized spacial score (nSPS) is 43.9. The van der Waals surface area contributed by atoms with Gasteiger partial charge in [-0.05, 0) is 91.4 Å². The van der Waals surface area contributed by atoms with Crippen molar-refractivity contribution in [1.29, 1.82) is 5.26 Å². The summed E-state index contributed by atoms with van der Waals surface area (Å²) in [7, 11) is 0. The molecular weight excluding hydrogens is 484 g/mol. The van der Waals surface area contributed by atoms with Crippen molar-refractivity contribution >= 4 is 17.5 Å². The van der Waals surface area contributed by atoms with Gasteiger partial charge in [0, 0.05) is 29.7 Å². The van der Waals surface area contributed by atoms with E-state index in [9.17, 15) is 19.6 Å². The van der Waals surface area contributed by atoms with Crippen LogP contribution in [0, 0.1) is 61.6 Å². The van der Waals surface area contributed by atoms with Crippen molar-refractivity contribution in [3.8, 4) is 6.07 Å². The third-order valence-corrected chi connectivity index (χ3v) is 12.9. The van der Waals surface area contributed by atoms with Gasteiger partial charge in [-0.2, -0.15) is 5.26 Å². The molecule has 0 aromatic heterocycles.